The number of aryl methyl sites for hydroxylation is 2. The first-order chi connectivity index (χ1) is 9.99. The van der Waals surface area contributed by atoms with Crippen molar-refractivity contribution in [2.45, 2.75) is 20.8 Å². The van der Waals surface area contributed by atoms with Gasteiger partial charge in [-0.25, -0.2) is 9.78 Å². The number of nitrogens with zero attached hydrogens (tertiary/aromatic N) is 1. The van der Waals surface area contributed by atoms with E-state index in [2.05, 4.69) is 10.3 Å². The van der Waals surface area contributed by atoms with Crippen molar-refractivity contribution in [1.82, 2.24) is 4.98 Å². The van der Waals surface area contributed by atoms with Gasteiger partial charge in [-0.3, -0.25) is 0 Å². The van der Waals surface area contributed by atoms with Crippen LogP contribution in [-0.4, -0.2) is 29.2 Å². The topological polar surface area (TPSA) is 71.5 Å². The Morgan fingerprint density at radius 2 is 2.14 bits per heavy atom. The summed E-state index contributed by atoms with van der Waals surface area (Å²) in [6, 6.07) is 5.96. The zero-order valence-corrected chi connectivity index (χ0v) is 13.1. The van der Waals surface area contributed by atoms with Crippen molar-refractivity contribution >= 4 is 22.4 Å². The van der Waals surface area contributed by atoms with Gasteiger partial charge >= 0.3 is 5.97 Å². The molecule has 0 fully saturated rings. The van der Waals surface area contributed by atoms with E-state index in [9.17, 15) is 4.79 Å². The van der Waals surface area contributed by atoms with E-state index in [1.165, 1.54) is 5.56 Å². The minimum atomic E-state index is -0.940. The quantitative estimate of drug-likeness (QED) is 0.802. The van der Waals surface area contributed by atoms with Gasteiger partial charge in [-0.1, -0.05) is 23.5 Å². The Labute approximate surface area is 127 Å². The van der Waals surface area contributed by atoms with E-state index in [-0.39, 0.29) is 4.88 Å². The standard InChI is InChI=1S/C15H18N2O3S/c1-9-5-4-6-12(10(9)2)20-8-7-16-15-17-11(3)13(21-15)14(18)19/h4-6H,7-8H2,1-3H3,(H,16,17)(H,18,19). The SMILES string of the molecule is Cc1cccc(OCCNc2nc(C)c(C(=O)O)s2)c1C. The van der Waals surface area contributed by atoms with E-state index in [4.69, 9.17) is 9.84 Å². The van der Waals surface area contributed by atoms with Crippen LogP contribution in [0.15, 0.2) is 18.2 Å². The summed E-state index contributed by atoms with van der Waals surface area (Å²) in [5, 5.41) is 12.7. The molecule has 0 radical (unpaired) electrons. The van der Waals surface area contributed by atoms with Crippen LogP contribution in [0.2, 0.25) is 0 Å². The van der Waals surface area contributed by atoms with Gasteiger partial charge in [0.1, 0.15) is 17.2 Å². The third-order valence-electron chi connectivity index (χ3n) is 3.18. The maximum Gasteiger partial charge on any atom is 0.347 e. The minimum Gasteiger partial charge on any atom is -0.491 e. The number of thiazole rings is 1. The van der Waals surface area contributed by atoms with Crippen LogP contribution in [0.25, 0.3) is 0 Å². The fourth-order valence-corrected chi connectivity index (χ4v) is 2.70. The van der Waals surface area contributed by atoms with Crippen LogP contribution >= 0.6 is 11.3 Å². The van der Waals surface area contributed by atoms with Crippen molar-refractivity contribution in [2.75, 3.05) is 18.5 Å². The van der Waals surface area contributed by atoms with Crippen LogP contribution < -0.4 is 10.1 Å². The van der Waals surface area contributed by atoms with Crippen molar-refractivity contribution in [2.24, 2.45) is 0 Å². The largest absolute Gasteiger partial charge is 0.491 e. The molecule has 5 nitrogen and oxygen atoms in total. The third kappa shape index (κ3) is 3.72. The minimum absolute atomic E-state index is 0.271. The average Bonchev–Trinajstić information content (AvgIpc) is 2.80. The molecule has 0 bridgehead atoms. The molecule has 0 spiro atoms. The number of nitrogens with one attached hydrogen (secondary N) is 1. The Hall–Kier alpha value is -2.08. The number of carbonyl (C=O) groups is 1. The Bertz CT molecular complexity index is 652. The summed E-state index contributed by atoms with van der Waals surface area (Å²) in [6.45, 7) is 6.83. The van der Waals surface area contributed by atoms with Gasteiger partial charge in [0.15, 0.2) is 5.13 Å². The maximum absolute atomic E-state index is 10.9. The van der Waals surface area contributed by atoms with Crippen molar-refractivity contribution in [3.8, 4) is 5.75 Å². The summed E-state index contributed by atoms with van der Waals surface area (Å²) in [4.78, 5) is 15.4. The van der Waals surface area contributed by atoms with Crippen molar-refractivity contribution < 1.29 is 14.6 Å². The smallest absolute Gasteiger partial charge is 0.347 e. The number of benzene rings is 1. The molecule has 2 rings (SSSR count). The zero-order chi connectivity index (χ0) is 15.4. The van der Waals surface area contributed by atoms with E-state index in [1.54, 1.807) is 6.92 Å². The number of hydrogen-bond donors (Lipinski definition) is 2. The molecule has 6 heteroatoms. The molecular formula is C15H18N2O3S. The molecule has 0 saturated carbocycles. The molecular weight excluding hydrogens is 288 g/mol. The Balaban J connectivity index is 1.86. The van der Waals surface area contributed by atoms with Crippen molar-refractivity contribution in [3.63, 3.8) is 0 Å². The highest BCUT2D eigenvalue weighted by atomic mass is 32.1. The number of rotatable bonds is 6. The number of carboxylic acids is 1. The molecule has 0 aliphatic rings. The molecule has 21 heavy (non-hydrogen) atoms. The monoisotopic (exact) mass is 306 g/mol. The highest BCUT2D eigenvalue weighted by Crippen LogP contribution is 2.23. The molecule has 112 valence electrons. The fraction of sp³-hybridized carbons (Fsp3) is 0.333. The van der Waals surface area contributed by atoms with Crippen molar-refractivity contribution in [3.05, 3.63) is 39.9 Å². The lowest BCUT2D eigenvalue weighted by atomic mass is 10.1. The summed E-state index contributed by atoms with van der Waals surface area (Å²) >= 11 is 1.14. The predicted octanol–water partition coefficient (Wildman–Crippen LogP) is 3.26. The van der Waals surface area contributed by atoms with Crippen LogP contribution in [0.5, 0.6) is 5.75 Å². The highest BCUT2D eigenvalue weighted by molar-refractivity contribution is 7.17. The summed E-state index contributed by atoms with van der Waals surface area (Å²) in [5.74, 6) is -0.0666. The van der Waals surface area contributed by atoms with E-state index >= 15 is 0 Å². The number of carboxylic acid groups (broad SMARTS) is 1. The Morgan fingerprint density at radius 1 is 1.38 bits per heavy atom. The highest BCUT2D eigenvalue weighted by Gasteiger charge is 2.13. The van der Waals surface area contributed by atoms with E-state index in [0.717, 1.165) is 22.6 Å². The molecule has 2 N–H and O–H groups in total. The normalized spacial score (nSPS) is 10.4. The van der Waals surface area contributed by atoms with Crippen LogP contribution in [0.3, 0.4) is 0 Å². The van der Waals surface area contributed by atoms with Gasteiger partial charge in [0.2, 0.25) is 0 Å². The molecule has 1 aromatic carbocycles. The van der Waals surface area contributed by atoms with Gasteiger partial charge < -0.3 is 15.2 Å². The summed E-state index contributed by atoms with van der Waals surface area (Å²) in [6.07, 6.45) is 0. The van der Waals surface area contributed by atoms with Crippen molar-refractivity contribution in [1.29, 1.82) is 0 Å². The van der Waals surface area contributed by atoms with Gasteiger partial charge in [-0.05, 0) is 38.0 Å². The van der Waals surface area contributed by atoms with Crippen LogP contribution in [0, 0.1) is 20.8 Å². The van der Waals surface area contributed by atoms with Crippen LogP contribution in [0.4, 0.5) is 5.13 Å². The second-order valence-corrected chi connectivity index (χ2v) is 5.71. The first kappa shape index (κ1) is 15.3. The van der Waals surface area contributed by atoms with Gasteiger partial charge in [0, 0.05) is 0 Å². The second-order valence-electron chi connectivity index (χ2n) is 4.71. The molecule has 2 aromatic rings. The average molecular weight is 306 g/mol. The molecule has 1 aromatic heterocycles. The lowest BCUT2D eigenvalue weighted by Gasteiger charge is -2.10. The van der Waals surface area contributed by atoms with Crippen LogP contribution in [0.1, 0.15) is 26.5 Å². The summed E-state index contributed by atoms with van der Waals surface area (Å²) in [5.41, 5.74) is 2.86. The van der Waals surface area contributed by atoms with Gasteiger partial charge in [0.05, 0.1) is 12.2 Å². The van der Waals surface area contributed by atoms with E-state index in [1.807, 2.05) is 32.0 Å². The molecule has 0 aliphatic carbocycles. The van der Waals surface area contributed by atoms with E-state index in [0.29, 0.717) is 24.0 Å². The number of aromatic carboxylic acids is 1. The summed E-state index contributed by atoms with van der Waals surface area (Å²) in [7, 11) is 0. The molecule has 0 unspecified atom stereocenters. The predicted molar refractivity (Wildman–Crippen MR) is 83.7 cm³/mol. The first-order valence-electron chi connectivity index (χ1n) is 6.62. The third-order valence-corrected chi connectivity index (χ3v) is 4.28. The second kappa shape index (κ2) is 6.58. The summed E-state index contributed by atoms with van der Waals surface area (Å²) < 4.78 is 5.72. The molecule has 0 saturated heterocycles. The maximum atomic E-state index is 10.9. The molecule has 0 amide bonds. The molecule has 1 heterocycles. The number of anilines is 1. The number of aromatic nitrogens is 1. The number of ether oxygens (including phenoxy) is 1. The van der Waals surface area contributed by atoms with E-state index < -0.39 is 5.97 Å². The van der Waals surface area contributed by atoms with Gasteiger partial charge in [-0.2, -0.15) is 0 Å². The van der Waals surface area contributed by atoms with Gasteiger partial charge in [-0.15, -0.1) is 0 Å². The van der Waals surface area contributed by atoms with Crippen LogP contribution in [-0.2, 0) is 0 Å². The number of hydrogen-bond acceptors (Lipinski definition) is 5. The van der Waals surface area contributed by atoms with Gasteiger partial charge in [0.25, 0.3) is 0 Å². The lowest BCUT2D eigenvalue weighted by molar-refractivity contribution is 0.0701. The lowest BCUT2D eigenvalue weighted by Crippen LogP contribution is -2.12. The first-order valence-corrected chi connectivity index (χ1v) is 7.44. The molecule has 0 atom stereocenters. The Kier molecular flexibility index (Phi) is 4.80. The zero-order valence-electron chi connectivity index (χ0n) is 12.3. The fourth-order valence-electron chi connectivity index (χ4n) is 1.87. The Morgan fingerprint density at radius 3 is 2.81 bits per heavy atom. The molecule has 0 aliphatic heterocycles.